The molecule has 0 aromatic heterocycles. The van der Waals surface area contributed by atoms with Crippen molar-refractivity contribution in [2.24, 2.45) is 0 Å². The fraction of sp³-hybridized carbons (Fsp3) is 0.273. The Bertz CT molecular complexity index is 364. The molecule has 6 heteroatoms. The van der Waals surface area contributed by atoms with Gasteiger partial charge in [0, 0.05) is 0 Å². The van der Waals surface area contributed by atoms with E-state index < -0.39 is 17.4 Å². The number of hydrogen-bond acceptors (Lipinski definition) is 4. The number of benzene rings is 1. The Hall–Kier alpha value is 1.43. The minimum atomic E-state index is -2.05. The number of aliphatic carboxylic acids is 2. The Kier molecular flexibility index (Phi) is 11.4. The molecule has 1 aromatic carbocycles. The topological polar surface area (TPSA) is 80.3 Å². The molecule has 0 saturated heterocycles. The predicted octanol–water partition coefficient (Wildman–Crippen LogP) is -7.16. The summed E-state index contributed by atoms with van der Waals surface area (Å²) in [6.45, 7) is 1.47. The van der Waals surface area contributed by atoms with Gasteiger partial charge >= 0.3 is 103 Å². The zero-order chi connectivity index (χ0) is 11.5. The van der Waals surface area contributed by atoms with E-state index in [0.29, 0.717) is 0 Å². The Balaban J connectivity index is 0. The quantitative estimate of drug-likeness (QED) is 0.406. The van der Waals surface area contributed by atoms with Crippen LogP contribution in [0.15, 0.2) is 30.3 Å². The van der Waals surface area contributed by atoms with E-state index in [2.05, 4.69) is 0 Å². The Morgan fingerprint density at radius 2 is 1.47 bits per heavy atom. The van der Waals surface area contributed by atoms with Gasteiger partial charge in [0.25, 0.3) is 0 Å². The number of rotatable bonds is 4. The molecule has 0 heterocycles. The van der Waals surface area contributed by atoms with Gasteiger partial charge in [-0.2, -0.15) is 0 Å². The van der Waals surface area contributed by atoms with E-state index in [4.69, 9.17) is 0 Å². The van der Waals surface area contributed by atoms with Crippen LogP contribution in [0.5, 0.6) is 0 Å². The van der Waals surface area contributed by atoms with Crippen LogP contribution in [0.2, 0.25) is 0 Å². The summed E-state index contributed by atoms with van der Waals surface area (Å²) in [6.07, 6.45) is -0.109. The summed E-state index contributed by atoms with van der Waals surface area (Å²) in [4.78, 5) is 21.9. The molecule has 0 N–H and O–H groups in total. The molecule has 0 atom stereocenters. The summed E-state index contributed by atoms with van der Waals surface area (Å²) < 4.78 is 0. The molecular formula is C11H10K2O4. The van der Waals surface area contributed by atoms with E-state index in [-0.39, 0.29) is 115 Å². The summed E-state index contributed by atoms with van der Waals surface area (Å²) in [5.41, 5.74) is -1.88. The average molecular weight is 284 g/mol. The van der Waals surface area contributed by atoms with Crippen LogP contribution < -0.4 is 113 Å². The van der Waals surface area contributed by atoms with Crippen molar-refractivity contribution >= 4 is 11.9 Å². The molecule has 17 heavy (non-hydrogen) atoms. The molecule has 4 nitrogen and oxygen atoms in total. The zero-order valence-electron chi connectivity index (χ0n) is 10.2. The van der Waals surface area contributed by atoms with E-state index in [1.807, 2.05) is 0 Å². The molecule has 0 aliphatic carbocycles. The number of carboxylic acids is 2. The fourth-order valence-electron chi connectivity index (χ4n) is 1.53. The molecule has 0 fully saturated rings. The third-order valence-electron chi connectivity index (χ3n) is 2.49. The number of carbonyl (C=O) groups excluding carboxylic acids is 2. The van der Waals surface area contributed by atoms with E-state index in [9.17, 15) is 19.8 Å². The van der Waals surface area contributed by atoms with Gasteiger partial charge < -0.3 is 19.8 Å². The molecular weight excluding hydrogens is 274 g/mol. The Labute approximate surface area is 185 Å². The van der Waals surface area contributed by atoms with Crippen LogP contribution in [0.3, 0.4) is 0 Å². The molecule has 0 aliphatic heterocycles. The van der Waals surface area contributed by atoms with Gasteiger partial charge in [-0.25, -0.2) is 0 Å². The maximum absolute atomic E-state index is 11.0. The van der Waals surface area contributed by atoms with Gasteiger partial charge in [0.1, 0.15) is 0 Å². The molecule has 0 spiro atoms. The van der Waals surface area contributed by atoms with Gasteiger partial charge in [0.05, 0.1) is 17.4 Å². The minimum absolute atomic E-state index is 0. The van der Waals surface area contributed by atoms with Crippen molar-refractivity contribution in [1.29, 1.82) is 0 Å². The Morgan fingerprint density at radius 3 is 1.76 bits per heavy atom. The molecule has 0 amide bonds. The smallest absolute Gasteiger partial charge is 0.549 e. The zero-order valence-corrected chi connectivity index (χ0v) is 16.5. The average Bonchev–Trinajstić information content (AvgIpc) is 2.20. The molecule has 0 saturated carbocycles. The largest absolute Gasteiger partial charge is 1.00 e. The molecule has 1 aromatic rings. The molecule has 80 valence electrons. The maximum atomic E-state index is 11.0. The van der Waals surface area contributed by atoms with Gasteiger partial charge in [0.15, 0.2) is 0 Å². The first-order valence-electron chi connectivity index (χ1n) is 4.54. The van der Waals surface area contributed by atoms with E-state index in [1.165, 1.54) is 19.1 Å². The van der Waals surface area contributed by atoms with Crippen molar-refractivity contribution in [3.63, 3.8) is 0 Å². The van der Waals surface area contributed by atoms with Crippen LogP contribution in [0.25, 0.3) is 0 Å². The first kappa shape index (κ1) is 20.7. The number of carboxylic acid groups (broad SMARTS) is 2. The first-order chi connectivity index (χ1) is 7.05. The van der Waals surface area contributed by atoms with Crippen LogP contribution in [-0.4, -0.2) is 11.9 Å². The SMILES string of the molecule is CCC(C(=O)[O-])(C(=O)[O-])c1ccccc1.[K+].[K+]. The number of hydrogen-bond donors (Lipinski definition) is 0. The van der Waals surface area contributed by atoms with Crippen molar-refractivity contribution in [2.45, 2.75) is 18.8 Å². The maximum Gasteiger partial charge on any atom is 1.00 e. The van der Waals surface area contributed by atoms with Crippen LogP contribution in [0, 0.1) is 0 Å². The minimum Gasteiger partial charge on any atom is -0.549 e. The van der Waals surface area contributed by atoms with Crippen molar-refractivity contribution in [1.82, 2.24) is 0 Å². The van der Waals surface area contributed by atoms with Crippen molar-refractivity contribution < 1.29 is 123 Å². The first-order valence-corrected chi connectivity index (χ1v) is 4.54. The van der Waals surface area contributed by atoms with Crippen LogP contribution in [0.4, 0.5) is 0 Å². The van der Waals surface area contributed by atoms with Gasteiger partial charge in [-0.15, -0.1) is 0 Å². The van der Waals surface area contributed by atoms with Crippen LogP contribution in [0.1, 0.15) is 18.9 Å². The normalized spacial score (nSPS) is 9.71. The molecule has 0 unspecified atom stereocenters. The van der Waals surface area contributed by atoms with E-state index in [1.54, 1.807) is 18.2 Å². The van der Waals surface area contributed by atoms with Crippen molar-refractivity contribution in [3.05, 3.63) is 35.9 Å². The second kappa shape index (κ2) is 9.35. The Morgan fingerprint density at radius 1 is 1.06 bits per heavy atom. The monoisotopic (exact) mass is 284 g/mol. The summed E-state index contributed by atoms with van der Waals surface area (Å²) in [6, 6.07) is 7.70. The van der Waals surface area contributed by atoms with Crippen LogP contribution in [-0.2, 0) is 15.0 Å². The second-order valence-corrected chi connectivity index (χ2v) is 3.20. The molecule has 0 radical (unpaired) electrons. The van der Waals surface area contributed by atoms with E-state index in [0.717, 1.165) is 0 Å². The van der Waals surface area contributed by atoms with Gasteiger partial charge in [-0.05, 0) is 12.0 Å². The van der Waals surface area contributed by atoms with Crippen LogP contribution >= 0.6 is 0 Å². The van der Waals surface area contributed by atoms with Gasteiger partial charge in [-0.1, -0.05) is 37.3 Å². The summed E-state index contributed by atoms with van der Waals surface area (Å²) >= 11 is 0. The molecule has 1 rings (SSSR count). The predicted molar refractivity (Wildman–Crippen MR) is 48.4 cm³/mol. The molecule has 0 bridgehead atoms. The van der Waals surface area contributed by atoms with Crippen molar-refractivity contribution in [3.8, 4) is 0 Å². The van der Waals surface area contributed by atoms with Gasteiger partial charge in [0.2, 0.25) is 0 Å². The third-order valence-corrected chi connectivity index (χ3v) is 2.49. The summed E-state index contributed by atoms with van der Waals surface area (Å²) in [5, 5.41) is 21.9. The number of carbonyl (C=O) groups is 2. The van der Waals surface area contributed by atoms with Crippen molar-refractivity contribution in [2.75, 3.05) is 0 Å². The third kappa shape index (κ3) is 4.48. The standard InChI is InChI=1S/C11H12O4.2K/c1-2-11(9(12)13,10(14)15)8-6-4-3-5-7-8;;/h3-7H,2H2,1H3,(H,12,13)(H,14,15);;/q;2*+1/p-2. The summed E-state index contributed by atoms with van der Waals surface area (Å²) in [7, 11) is 0. The fourth-order valence-corrected chi connectivity index (χ4v) is 1.53. The summed E-state index contributed by atoms with van der Waals surface area (Å²) in [5.74, 6) is -3.28. The van der Waals surface area contributed by atoms with E-state index >= 15 is 0 Å². The van der Waals surface area contributed by atoms with Gasteiger partial charge in [-0.3, -0.25) is 0 Å². The second-order valence-electron chi connectivity index (χ2n) is 3.20. The molecule has 0 aliphatic rings.